The zero-order chi connectivity index (χ0) is 13.2. The van der Waals surface area contributed by atoms with Gasteiger partial charge in [0.25, 0.3) is 0 Å². The highest BCUT2D eigenvalue weighted by atomic mass is 19.4. The third kappa shape index (κ3) is 3.19. The molecule has 0 aliphatic rings. The first kappa shape index (κ1) is 14.0. The maximum atomic E-state index is 13.0. The summed E-state index contributed by atoms with van der Waals surface area (Å²) in [6.45, 7) is 3.37. The summed E-state index contributed by atoms with van der Waals surface area (Å²) in [6, 6.07) is 2.16. The smallest absolute Gasteiger partial charge is 0.388 e. The van der Waals surface area contributed by atoms with Gasteiger partial charge in [-0.15, -0.1) is 0 Å². The molecule has 0 spiro atoms. The summed E-state index contributed by atoms with van der Waals surface area (Å²) in [6.07, 6.45) is -5.39. The van der Waals surface area contributed by atoms with Gasteiger partial charge in [0.15, 0.2) is 0 Å². The third-order valence-corrected chi connectivity index (χ3v) is 2.82. The molecule has 0 aliphatic heterocycles. The van der Waals surface area contributed by atoms with Crippen molar-refractivity contribution in [1.82, 2.24) is 0 Å². The van der Waals surface area contributed by atoms with E-state index in [1.807, 2.05) is 0 Å². The Kier molecular flexibility index (Phi) is 4.14. The number of benzene rings is 1. The van der Waals surface area contributed by atoms with Crippen LogP contribution >= 0.6 is 0 Å². The minimum absolute atomic E-state index is 0.363. The first-order valence-corrected chi connectivity index (χ1v) is 5.32. The maximum Gasteiger partial charge on any atom is 0.416 e. The van der Waals surface area contributed by atoms with Gasteiger partial charge in [-0.05, 0) is 29.7 Å². The summed E-state index contributed by atoms with van der Waals surface area (Å²) in [5, 5.41) is 9.79. The molecule has 0 saturated carbocycles. The summed E-state index contributed by atoms with van der Waals surface area (Å²) in [5.74, 6) is -1.15. The molecule has 0 heterocycles. The second kappa shape index (κ2) is 5.04. The number of aliphatic hydroxyl groups excluding tert-OH is 1. The fourth-order valence-corrected chi connectivity index (χ4v) is 1.57. The standard InChI is InChI=1S/C12H14F4O/c1-3-7(2)11(17)9-6-8(13)4-5-10(9)12(14,15)16/h4-7,11,17H,3H2,1-2H3. The van der Waals surface area contributed by atoms with Crippen molar-refractivity contribution < 1.29 is 22.7 Å². The average molecular weight is 250 g/mol. The quantitative estimate of drug-likeness (QED) is 0.806. The minimum atomic E-state index is -4.59. The molecule has 96 valence electrons. The van der Waals surface area contributed by atoms with Crippen LogP contribution in [-0.4, -0.2) is 5.11 Å². The fourth-order valence-electron chi connectivity index (χ4n) is 1.57. The monoisotopic (exact) mass is 250 g/mol. The maximum absolute atomic E-state index is 13.0. The summed E-state index contributed by atoms with van der Waals surface area (Å²) in [4.78, 5) is 0. The van der Waals surface area contributed by atoms with Gasteiger partial charge in [0.2, 0.25) is 0 Å². The zero-order valence-electron chi connectivity index (χ0n) is 9.55. The van der Waals surface area contributed by atoms with E-state index in [-0.39, 0.29) is 5.92 Å². The Hall–Kier alpha value is -1.10. The van der Waals surface area contributed by atoms with Crippen molar-refractivity contribution in [1.29, 1.82) is 0 Å². The molecule has 0 saturated heterocycles. The minimum Gasteiger partial charge on any atom is -0.388 e. The molecule has 1 aromatic carbocycles. The highest BCUT2D eigenvalue weighted by Crippen LogP contribution is 2.37. The molecule has 0 amide bonds. The van der Waals surface area contributed by atoms with Crippen molar-refractivity contribution in [3.8, 4) is 0 Å². The van der Waals surface area contributed by atoms with E-state index < -0.39 is 29.2 Å². The molecule has 5 heteroatoms. The molecule has 0 bridgehead atoms. The second-order valence-corrected chi connectivity index (χ2v) is 4.06. The summed E-state index contributed by atoms with van der Waals surface area (Å²) in [5.41, 5.74) is -1.38. The van der Waals surface area contributed by atoms with Crippen molar-refractivity contribution in [2.75, 3.05) is 0 Å². The highest BCUT2D eigenvalue weighted by molar-refractivity contribution is 5.32. The predicted molar refractivity (Wildman–Crippen MR) is 55.8 cm³/mol. The van der Waals surface area contributed by atoms with E-state index in [0.29, 0.717) is 12.5 Å². The van der Waals surface area contributed by atoms with Crippen LogP contribution < -0.4 is 0 Å². The van der Waals surface area contributed by atoms with E-state index >= 15 is 0 Å². The summed E-state index contributed by atoms with van der Waals surface area (Å²) < 4.78 is 51.0. The molecular weight excluding hydrogens is 236 g/mol. The molecule has 0 fully saturated rings. The predicted octanol–water partition coefficient (Wildman–Crippen LogP) is 3.92. The molecule has 0 aromatic heterocycles. The van der Waals surface area contributed by atoms with E-state index in [1.54, 1.807) is 13.8 Å². The van der Waals surface area contributed by atoms with Crippen LogP contribution in [0.2, 0.25) is 0 Å². The van der Waals surface area contributed by atoms with Crippen molar-refractivity contribution >= 4 is 0 Å². The van der Waals surface area contributed by atoms with Gasteiger partial charge in [-0.25, -0.2) is 4.39 Å². The lowest BCUT2D eigenvalue weighted by atomic mass is 9.91. The largest absolute Gasteiger partial charge is 0.416 e. The van der Waals surface area contributed by atoms with Crippen LogP contribution in [0.25, 0.3) is 0 Å². The van der Waals surface area contributed by atoms with Crippen LogP contribution in [0.1, 0.15) is 37.5 Å². The summed E-state index contributed by atoms with van der Waals surface area (Å²) in [7, 11) is 0. The van der Waals surface area contributed by atoms with Crippen LogP contribution in [0.3, 0.4) is 0 Å². The molecule has 2 atom stereocenters. The number of aliphatic hydroxyl groups is 1. The molecule has 0 radical (unpaired) electrons. The van der Waals surface area contributed by atoms with Crippen LogP contribution in [0, 0.1) is 11.7 Å². The van der Waals surface area contributed by atoms with Gasteiger partial charge in [0.05, 0.1) is 11.7 Å². The van der Waals surface area contributed by atoms with Crippen molar-refractivity contribution in [2.24, 2.45) is 5.92 Å². The van der Waals surface area contributed by atoms with Gasteiger partial charge in [-0.3, -0.25) is 0 Å². The van der Waals surface area contributed by atoms with Gasteiger partial charge in [-0.2, -0.15) is 13.2 Å². The molecule has 17 heavy (non-hydrogen) atoms. The van der Waals surface area contributed by atoms with Gasteiger partial charge < -0.3 is 5.11 Å². The Morgan fingerprint density at radius 2 is 1.88 bits per heavy atom. The lowest BCUT2D eigenvalue weighted by molar-refractivity contribution is -0.139. The van der Waals surface area contributed by atoms with E-state index in [4.69, 9.17) is 0 Å². The van der Waals surface area contributed by atoms with Crippen LogP contribution in [0.5, 0.6) is 0 Å². The SMILES string of the molecule is CCC(C)C(O)c1cc(F)ccc1C(F)(F)F. The van der Waals surface area contributed by atoms with Crippen LogP contribution in [0.15, 0.2) is 18.2 Å². The van der Waals surface area contributed by atoms with Crippen LogP contribution in [-0.2, 0) is 6.18 Å². The van der Waals surface area contributed by atoms with E-state index in [9.17, 15) is 22.7 Å². The Balaban J connectivity index is 3.25. The zero-order valence-corrected chi connectivity index (χ0v) is 9.55. The number of alkyl halides is 3. The third-order valence-electron chi connectivity index (χ3n) is 2.82. The van der Waals surface area contributed by atoms with Crippen molar-refractivity contribution in [2.45, 2.75) is 32.5 Å². The normalized spacial score (nSPS) is 15.7. The number of halogens is 4. The van der Waals surface area contributed by atoms with Gasteiger partial charge in [0, 0.05) is 0 Å². The van der Waals surface area contributed by atoms with Gasteiger partial charge in [-0.1, -0.05) is 20.3 Å². The Labute approximate surface area is 97.1 Å². The number of hydrogen-bond acceptors (Lipinski definition) is 1. The summed E-state index contributed by atoms with van der Waals surface area (Å²) >= 11 is 0. The molecule has 1 nitrogen and oxygen atoms in total. The molecule has 0 aliphatic carbocycles. The average Bonchev–Trinajstić information content (AvgIpc) is 2.25. The Bertz CT molecular complexity index is 387. The van der Waals surface area contributed by atoms with Gasteiger partial charge in [0.1, 0.15) is 5.82 Å². The molecule has 2 unspecified atom stereocenters. The first-order chi connectivity index (χ1) is 7.77. The molecule has 1 N–H and O–H groups in total. The van der Waals surface area contributed by atoms with E-state index in [0.717, 1.165) is 12.1 Å². The first-order valence-electron chi connectivity index (χ1n) is 5.32. The van der Waals surface area contributed by atoms with Crippen LogP contribution in [0.4, 0.5) is 17.6 Å². The van der Waals surface area contributed by atoms with Crippen molar-refractivity contribution in [3.63, 3.8) is 0 Å². The lowest BCUT2D eigenvalue weighted by Crippen LogP contribution is -2.16. The lowest BCUT2D eigenvalue weighted by Gasteiger charge is -2.21. The second-order valence-electron chi connectivity index (χ2n) is 4.06. The molecule has 1 rings (SSSR count). The van der Waals surface area contributed by atoms with E-state index in [2.05, 4.69) is 0 Å². The Morgan fingerprint density at radius 1 is 1.29 bits per heavy atom. The highest BCUT2D eigenvalue weighted by Gasteiger charge is 2.35. The fraction of sp³-hybridized carbons (Fsp3) is 0.500. The number of hydrogen-bond donors (Lipinski definition) is 1. The van der Waals surface area contributed by atoms with Gasteiger partial charge >= 0.3 is 6.18 Å². The molecular formula is C12H14F4O. The Morgan fingerprint density at radius 3 is 2.35 bits per heavy atom. The topological polar surface area (TPSA) is 20.2 Å². The molecule has 1 aromatic rings. The van der Waals surface area contributed by atoms with Crippen molar-refractivity contribution in [3.05, 3.63) is 35.1 Å². The number of rotatable bonds is 3. The van der Waals surface area contributed by atoms with E-state index in [1.165, 1.54) is 0 Å².